The molecule has 0 aliphatic rings. The highest BCUT2D eigenvalue weighted by Crippen LogP contribution is 2.22. The van der Waals surface area contributed by atoms with E-state index in [1.165, 1.54) is 0 Å². The summed E-state index contributed by atoms with van der Waals surface area (Å²) in [5, 5.41) is 0.968. The third kappa shape index (κ3) is 5.10. The fourth-order valence-electron chi connectivity index (χ4n) is 1.49. The molecule has 0 unspecified atom stereocenters. The Balaban J connectivity index is 0.00000162. The molecule has 1 aromatic carbocycles. The van der Waals surface area contributed by atoms with Gasteiger partial charge in [0.15, 0.2) is 5.16 Å². The summed E-state index contributed by atoms with van der Waals surface area (Å²) in [5.74, 6) is 1.88. The van der Waals surface area contributed by atoms with Gasteiger partial charge in [0.05, 0.1) is 18.1 Å². The summed E-state index contributed by atoms with van der Waals surface area (Å²) in [7, 11) is 5.82. The Morgan fingerprint density at radius 2 is 2.05 bits per heavy atom. The third-order valence-corrected chi connectivity index (χ3v) is 3.30. The number of nitrogens with one attached hydrogen (secondary N) is 1. The van der Waals surface area contributed by atoms with Crippen LogP contribution in [0.25, 0.3) is 11.0 Å². The average molecular weight is 324 g/mol. The number of hydrogen-bond acceptors (Lipinski definition) is 4. The molecule has 0 fully saturated rings. The van der Waals surface area contributed by atoms with Crippen LogP contribution in [0.5, 0.6) is 5.75 Å². The first-order chi connectivity index (χ1) is 8.19. The van der Waals surface area contributed by atoms with Gasteiger partial charge in [0, 0.05) is 18.4 Å². The lowest BCUT2D eigenvalue weighted by Crippen LogP contribution is -2.14. The number of hydrogen-bond donors (Lipinski definition) is 1. The number of nitrogens with zero attached hydrogens (tertiary/aromatic N) is 2. The second-order valence-electron chi connectivity index (χ2n) is 4.08. The molecular weight excluding hydrogens is 305 g/mol. The number of aromatic amines is 1. The molecule has 0 amide bonds. The lowest BCUT2D eigenvalue weighted by atomic mass is 10.3. The van der Waals surface area contributed by atoms with E-state index in [1.807, 2.05) is 18.2 Å². The fourth-order valence-corrected chi connectivity index (χ4v) is 2.48. The molecule has 0 spiro atoms. The quantitative estimate of drug-likeness (QED) is 0.858. The first kappa shape index (κ1) is 18.4. The molecule has 0 saturated carbocycles. The molecule has 1 aromatic heterocycles. The van der Waals surface area contributed by atoms with Gasteiger partial charge in [0.2, 0.25) is 0 Å². The smallest absolute Gasteiger partial charge is 0.166 e. The predicted molar refractivity (Wildman–Crippen MR) is 86.4 cm³/mol. The van der Waals surface area contributed by atoms with E-state index in [9.17, 15) is 0 Å². The van der Waals surface area contributed by atoms with Gasteiger partial charge in [-0.2, -0.15) is 0 Å². The molecule has 4 nitrogen and oxygen atoms in total. The molecule has 108 valence electrons. The van der Waals surface area contributed by atoms with Crippen LogP contribution in [0.15, 0.2) is 23.4 Å². The van der Waals surface area contributed by atoms with Gasteiger partial charge in [0.1, 0.15) is 5.75 Å². The minimum Gasteiger partial charge on any atom is -0.497 e. The van der Waals surface area contributed by atoms with Crippen LogP contribution < -0.4 is 4.74 Å². The van der Waals surface area contributed by atoms with Crippen molar-refractivity contribution in [3.8, 4) is 5.75 Å². The summed E-state index contributed by atoms with van der Waals surface area (Å²) in [5.41, 5.74) is 2.01. The molecule has 0 aliphatic heterocycles. The highest BCUT2D eigenvalue weighted by Gasteiger charge is 2.04. The second kappa shape index (κ2) is 8.53. The van der Waals surface area contributed by atoms with Gasteiger partial charge < -0.3 is 14.6 Å². The summed E-state index contributed by atoms with van der Waals surface area (Å²) in [6, 6.07) is 5.87. The highest BCUT2D eigenvalue weighted by atomic mass is 35.5. The Morgan fingerprint density at radius 1 is 1.32 bits per heavy atom. The largest absolute Gasteiger partial charge is 0.497 e. The number of fused-ring (bicyclic) bond motifs is 1. The number of imidazole rings is 1. The second-order valence-corrected chi connectivity index (χ2v) is 5.16. The molecule has 0 bridgehead atoms. The number of rotatable bonds is 5. The van der Waals surface area contributed by atoms with Crippen LogP contribution in [0.3, 0.4) is 0 Å². The predicted octanol–water partition coefficient (Wildman–Crippen LogP) is 3.07. The maximum atomic E-state index is 5.18. The van der Waals surface area contributed by atoms with Crippen molar-refractivity contribution in [3.05, 3.63) is 18.2 Å². The normalized spacial score (nSPS) is 10.1. The van der Waals surface area contributed by atoms with Crippen LogP contribution in [0.4, 0.5) is 0 Å². The summed E-state index contributed by atoms with van der Waals surface area (Å²) in [6.45, 7) is 1.05. The summed E-state index contributed by atoms with van der Waals surface area (Å²) < 4.78 is 5.18. The zero-order valence-corrected chi connectivity index (χ0v) is 13.6. The number of halogens is 2. The molecule has 1 heterocycles. The zero-order valence-electron chi connectivity index (χ0n) is 11.2. The lowest BCUT2D eigenvalue weighted by molar-refractivity contribution is 0.415. The minimum atomic E-state index is 0. The lowest BCUT2D eigenvalue weighted by Gasteiger charge is -2.06. The summed E-state index contributed by atoms with van der Waals surface area (Å²) >= 11 is 1.74. The number of aromatic nitrogens is 2. The van der Waals surface area contributed by atoms with Crippen LogP contribution in [-0.4, -0.2) is 48.4 Å². The van der Waals surface area contributed by atoms with Crippen LogP contribution >= 0.6 is 36.6 Å². The minimum absolute atomic E-state index is 0. The SMILES string of the molecule is COc1ccc2nc(SCCN(C)C)[nH]c2c1.Cl.Cl. The van der Waals surface area contributed by atoms with Crippen molar-refractivity contribution in [2.75, 3.05) is 33.5 Å². The Bertz CT molecular complexity index is 505. The Hall–Kier alpha value is -0.620. The van der Waals surface area contributed by atoms with E-state index < -0.39 is 0 Å². The van der Waals surface area contributed by atoms with E-state index in [0.717, 1.165) is 34.2 Å². The monoisotopic (exact) mass is 323 g/mol. The van der Waals surface area contributed by atoms with Gasteiger partial charge >= 0.3 is 0 Å². The molecular formula is C12H19Cl2N3OS. The molecule has 0 aliphatic carbocycles. The van der Waals surface area contributed by atoms with Crippen LogP contribution in [0.2, 0.25) is 0 Å². The maximum absolute atomic E-state index is 5.18. The molecule has 0 atom stereocenters. The van der Waals surface area contributed by atoms with Crippen molar-refractivity contribution < 1.29 is 4.74 Å². The maximum Gasteiger partial charge on any atom is 0.166 e. The van der Waals surface area contributed by atoms with Gasteiger partial charge in [-0.25, -0.2) is 4.98 Å². The van der Waals surface area contributed by atoms with Crippen molar-refractivity contribution in [2.24, 2.45) is 0 Å². The van der Waals surface area contributed by atoms with Crippen molar-refractivity contribution >= 4 is 47.6 Å². The topological polar surface area (TPSA) is 41.1 Å². The van der Waals surface area contributed by atoms with E-state index in [4.69, 9.17) is 4.74 Å². The van der Waals surface area contributed by atoms with E-state index in [1.54, 1.807) is 18.9 Å². The van der Waals surface area contributed by atoms with Gasteiger partial charge in [0.25, 0.3) is 0 Å². The molecule has 0 radical (unpaired) electrons. The number of methoxy groups -OCH3 is 1. The van der Waals surface area contributed by atoms with Gasteiger partial charge in [-0.3, -0.25) is 0 Å². The Kier molecular flexibility index (Phi) is 8.25. The fraction of sp³-hybridized carbons (Fsp3) is 0.417. The number of thioether (sulfide) groups is 1. The molecule has 0 saturated heterocycles. The first-order valence-electron chi connectivity index (χ1n) is 5.50. The van der Waals surface area contributed by atoms with E-state index >= 15 is 0 Å². The van der Waals surface area contributed by atoms with Crippen molar-refractivity contribution in [3.63, 3.8) is 0 Å². The zero-order chi connectivity index (χ0) is 12.3. The van der Waals surface area contributed by atoms with Crippen molar-refractivity contribution in [1.82, 2.24) is 14.9 Å². The van der Waals surface area contributed by atoms with Gasteiger partial charge in [-0.05, 0) is 26.2 Å². The molecule has 2 rings (SSSR count). The van der Waals surface area contributed by atoms with Crippen LogP contribution in [0, 0.1) is 0 Å². The van der Waals surface area contributed by atoms with Crippen LogP contribution in [-0.2, 0) is 0 Å². The average Bonchev–Trinajstić information content (AvgIpc) is 2.69. The van der Waals surface area contributed by atoms with E-state index in [-0.39, 0.29) is 24.8 Å². The number of H-pyrrole nitrogens is 1. The number of benzene rings is 1. The van der Waals surface area contributed by atoms with Crippen LogP contribution in [0.1, 0.15) is 0 Å². The Labute approximate surface area is 130 Å². The Morgan fingerprint density at radius 3 is 2.68 bits per heavy atom. The van der Waals surface area contributed by atoms with E-state index in [2.05, 4.69) is 29.0 Å². The van der Waals surface area contributed by atoms with Gasteiger partial charge in [-0.1, -0.05) is 11.8 Å². The van der Waals surface area contributed by atoms with Gasteiger partial charge in [-0.15, -0.1) is 24.8 Å². The standard InChI is InChI=1S/C12H17N3OS.2ClH/c1-15(2)6-7-17-12-13-10-5-4-9(16-3)8-11(10)14-12;;/h4-5,8H,6-7H2,1-3H3,(H,13,14);2*1H. The van der Waals surface area contributed by atoms with E-state index in [0.29, 0.717) is 0 Å². The van der Waals surface area contributed by atoms with Crippen molar-refractivity contribution in [2.45, 2.75) is 5.16 Å². The molecule has 1 N–H and O–H groups in total. The first-order valence-corrected chi connectivity index (χ1v) is 6.49. The highest BCUT2D eigenvalue weighted by molar-refractivity contribution is 7.99. The number of ether oxygens (including phenoxy) is 1. The molecule has 2 aromatic rings. The molecule has 19 heavy (non-hydrogen) atoms. The van der Waals surface area contributed by atoms with Crippen molar-refractivity contribution in [1.29, 1.82) is 0 Å². The molecule has 7 heteroatoms. The third-order valence-electron chi connectivity index (χ3n) is 2.44. The summed E-state index contributed by atoms with van der Waals surface area (Å²) in [4.78, 5) is 9.98. The summed E-state index contributed by atoms with van der Waals surface area (Å²) in [6.07, 6.45) is 0.